The van der Waals surface area contributed by atoms with Crippen molar-refractivity contribution < 1.29 is 14.3 Å². The third-order valence-electron chi connectivity index (χ3n) is 4.48. The molecular weight excluding hydrogens is 340 g/mol. The van der Waals surface area contributed by atoms with E-state index < -0.39 is 0 Å². The molecule has 140 valence electrons. The number of ether oxygens (including phenoxy) is 1. The second-order valence-corrected chi connectivity index (χ2v) is 6.46. The summed E-state index contributed by atoms with van der Waals surface area (Å²) in [4.78, 5) is 24.6. The minimum absolute atomic E-state index is 0.0256. The largest absolute Gasteiger partial charge is 0.494 e. The minimum atomic E-state index is -0.200. The van der Waals surface area contributed by atoms with Gasteiger partial charge in [-0.25, -0.2) is 0 Å². The number of hydrogen-bond donors (Lipinski definition) is 2. The summed E-state index contributed by atoms with van der Waals surface area (Å²) < 4.78 is 5.39. The van der Waals surface area contributed by atoms with Crippen LogP contribution in [-0.4, -0.2) is 18.4 Å². The van der Waals surface area contributed by atoms with E-state index in [9.17, 15) is 9.59 Å². The third-order valence-corrected chi connectivity index (χ3v) is 4.48. The first-order valence-corrected chi connectivity index (χ1v) is 9.26. The molecule has 2 aromatic carbocycles. The predicted octanol–water partition coefficient (Wildman–Crippen LogP) is 4.63. The summed E-state index contributed by atoms with van der Waals surface area (Å²) in [5.41, 5.74) is 1.93. The molecule has 0 heterocycles. The molecule has 2 aromatic rings. The van der Waals surface area contributed by atoms with Gasteiger partial charge >= 0.3 is 0 Å². The van der Waals surface area contributed by atoms with Gasteiger partial charge in [0.15, 0.2) is 0 Å². The summed E-state index contributed by atoms with van der Waals surface area (Å²) in [5.74, 6) is 0.627. The van der Waals surface area contributed by atoms with Gasteiger partial charge in [-0.2, -0.15) is 0 Å². The summed E-state index contributed by atoms with van der Waals surface area (Å²) in [7, 11) is 0. The maximum Gasteiger partial charge on any atom is 0.255 e. The van der Waals surface area contributed by atoms with Gasteiger partial charge in [-0.15, -0.1) is 0 Å². The first-order chi connectivity index (χ1) is 13.2. The van der Waals surface area contributed by atoms with Crippen molar-refractivity contribution in [3.8, 4) is 5.75 Å². The van der Waals surface area contributed by atoms with Crippen LogP contribution in [0.5, 0.6) is 5.75 Å². The van der Waals surface area contributed by atoms with Crippen LogP contribution in [-0.2, 0) is 4.79 Å². The summed E-state index contributed by atoms with van der Waals surface area (Å²) in [6.45, 7) is 2.53. The Hall–Kier alpha value is -3.08. The SMILES string of the molecule is CCOc1ccc(NC(=O)c2ccc(NC(=O)C3CC=CCC3)cc2)cc1. The van der Waals surface area contributed by atoms with E-state index in [1.54, 1.807) is 36.4 Å². The van der Waals surface area contributed by atoms with Crippen LogP contribution < -0.4 is 15.4 Å². The topological polar surface area (TPSA) is 67.4 Å². The van der Waals surface area contributed by atoms with Gasteiger partial charge in [-0.3, -0.25) is 9.59 Å². The molecule has 1 unspecified atom stereocenters. The number of allylic oxidation sites excluding steroid dienone is 2. The van der Waals surface area contributed by atoms with Gasteiger partial charge in [0.1, 0.15) is 5.75 Å². The van der Waals surface area contributed by atoms with E-state index in [2.05, 4.69) is 22.8 Å². The molecule has 2 amide bonds. The smallest absolute Gasteiger partial charge is 0.255 e. The summed E-state index contributed by atoms with van der Waals surface area (Å²) in [6, 6.07) is 14.2. The molecule has 0 spiro atoms. The van der Waals surface area contributed by atoms with Crippen LogP contribution in [0.1, 0.15) is 36.5 Å². The van der Waals surface area contributed by atoms with Crippen LogP contribution in [0.15, 0.2) is 60.7 Å². The van der Waals surface area contributed by atoms with Gasteiger partial charge in [0.2, 0.25) is 5.91 Å². The second-order valence-electron chi connectivity index (χ2n) is 6.46. The zero-order valence-electron chi connectivity index (χ0n) is 15.4. The molecule has 1 aliphatic carbocycles. The van der Waals surface area contributed by atoms with Crippen molar-refractivity contribution in [2.75, 3.05) is 17.2 Å². The van der Waals surface area contributed by atoms with Crippen molar-refractivity contribution in [1.29, 1.82) is 0 Å². The molecule has 3 rings (SSSR count). The van der Waals surface area contributed by atoms with Crippen LogP contribution >= 0.6 is 0 Å². The summed E-state index contributed by atoms with van der Waals surface area (Å²) >= 11 is 0. The lowest BCUT2D eigenvalue weighted by Crippen LogP contribution is -2.23. The van der Waals surface area contributed by atoms with Gasteiger partial charge in [0.25, 0.3) is 5.91 Å². The number of carbonyl (C=O) groups excluding carboxylic acids is 2. The minimum Gasteiger partial charge on any atom is -0.494 e. The second kappa shape index (κ2) is 9.03. The molecule has 0 bridgehead atoms. The van der Waals surface area contributed by atoms with Gasteiger partial charge in [0, 0.05) is 22.9 Å². The van der Waals surface area contributed by atoms with Gasteiger partial charge in [-0.05, 0) is 74.7 Å². The molecule has 0 fully saturated rings. The molecule has 27 heavy (non-hydrogen) atoms. The predicted molar refractivity (Wildman–Crippen MR) is 107 cm³/mol. The van der Waals surface area contributed by atoms with Crippen molar-refractivity contribution >= 4 is 23.2 Å². The Morgan fingerprint density at radius 1 is 0.963 bits per heavy atom. The van der Waals surface area contributed by atoms with Crippen molar-refractivity contribution in [2.45, 2.75) is 26.2 Å². The molecule has 0 saturated carbocycles. The molecule has 0 aromatic heterocycles. The van der Waals surface area contributed by atoms with E-state index in [1.165, 1.54) is 0 Å². The van der Waals surface area contributed by atoms with Crippen molar-refractivity contribution in [3.05, 3.63) is 66.2 Å². The Bertz CT molecular complexity index is 810. The summed E-state index contributed by atoms with van der Waals surface area (Å²) in [6.07, 6.45) is 6.78. The fourth-order valence-corrected chi connectivity index (χ4v) is 2.99. The van der Waals surface area contributed by atoms with Crippen LogP contribution in [0, 0.1) is 5.92 Å². The number of carbonyl (C=O) groups is 2. The highest BCUT2D eigenvalue weighted by molar-refractivity contribution is 6.04. The Labute approximate surface area is 159 Å². The van der Waals surface area contributed by atoms with E-state index in [1.807, 2.05) is 19.1 Å². The maximum atomic E-state index is 12.4. The molecule has 2 N–H and O–H groups in total. The number of hydrogen-bond acceptors (Lipinski definition) is 3. The average Bonchev–Trinajstić information content (AvgIpc) is 2.71. The Kier molecular flexibility index (Phi) is 6.26. The van der Waals surface area contributed by atoms with Crippen LogP contribution in [0.4, 0.5) is 11.4 Å². The van der Waals surface area contributed by atoms with Crippen LogP contribution in [0.2, 0.25) is 0 Å². The third kappa shape index (κ3) is 5.20. The standard InChI is InChI=1S/C22H24N2O3/c1-2-27-20-14-12-19(13-15-20)24-22(26)17-8-10-18(11-9-17)23-21(25)16-6-4-3-5-7-16/h3-4,8-16H,2,5-7H2,1H3,(H,23,25)(H,24,26). The summed E-state index contributed by atoms with van der Waals surface area (Å²) in [5, 5.41) is 5.78. The Balaban J connectivity index is 1.56. The van der Waals surface area contributed by atoms with Gasteiger partial charge in [0.05, 0.1) is 6.61 Å². The van der Waals surface area contributed by atoms with E-state index in [0.717, 1.165) is 25.0 Å². The zero-order valence-corrected chi connectivity index (χ0v) is 15.4. The normalized spacial score (nSPS) is 15.8. The fraction of sp³-hybridized carbons (Fsp3) is 0.273. The number of nitrogens with one attached hydrogen (secondary N) is 2. The van der Waals surface area contributed by atoms with Gasteiger partial charge in [-0.1, -0.05) is 12.2 Å². The van der Waals surface area contributed by atoms with E-state index in [0.29, 0.717) is 23.5 Å². The van der Waals surface area contributed by atoms with E-state index >= 15 is 0 Å². The highest BCUT2D eigenvalue weighted by Gasteiger charge is 2.18. The first-order valence-electron chi connectivity index (χ1n) is 9.26. The fourth-order valence-electron chi connectivity index (χ4n) is 2.99. The highest BCUT2D eigenvalue weighted by atomic mass is 16.5. The maximum absolute atomic E-state index is 12.4. The number of anilines is 2. The number of amides is 2. The lowest BCUT2D eigenvalue weighted by Gasteiger charge is -2.17. The van der Waals surface area contributed by atoms with E-state index in [-0.39, 0.29) is 17.7 Å². The zero-order chi connectivity index (χ0) is 19.1. The van der Waals surface area contributed by atoms with Crippen molar-refractivity contribution in [3.63, 3.8) is 0 Å². The lowest BCUT2D eigenvalue weighted by atomic mass is 9.93. The quantitative estimate of drug-likeness (QED) is 0.734. The van der Waals surface area contributed by atoms with Crippen LogP contribution in [0.25, 0.3) is 0 Å². The Morgan fingerprint density at radius 2 is 1.63 bits per heavy atom. The molecule has 0 aliphatic heterocycles. The molecule has 0 radical (unpaired) electrons. The molecular formula is C22H24N2O3. The number of rotatable bonds is 6. The molecule has 0 saturated heterocycles. The molecule has 5 heteroatoms. The molecule has 5 nitrogen and oxygen atoms in total. The van der Waals surface area contributed by atoms with Crippen molar-refractivity contribution in [1.82, 2.24) is 0 Å². The van der Waals surface area contributed by atoms with Crippen molar-refractivity contribution in [2.24, 2.45) is 5.92 Å². The number of benzene rings is 2. The van der Waals surface area contributed by atoms with E-state index in [4.69, 9.17) is 4.74 Å². The molecule has 1 aliphatic rings. The monoisotopic (exact) mass is 364 g/mol. The highest BCUT2D eigenvalue weighted by Crippen LogP contribution is 2.21. The van der Waals surface area contributed by atoms with Crippen LogP contribution in [0.3, 0.4) is 0 Å². The Morgan fingerprint density at radius 3 is 2.26 bits per heavy atom. The average molecular weight is 364 g/mol. The first kappa shape index (κ1) is 18.7. The lowest BCUT2D eigenvalue weighted by molar-refractivity contribution is -0.120. The van der Waals surface area contributed by atoms with Gasteiger partial charge < -0.3 is 15.4 Å². The molecule has 1 atom stereocenters.